The number of pyridine rings is 2. The summed E-state index contributed by atoms with van der Waals surface area (Å²) in [6.45, 7) is 22.7. The number of morpholine rings is 1. The van der Waals surface area contributed by atoms with Crippen molar-refractivity contribution in [2.75, 3.05) is 33.4 Å². The van der Waals surface area contributed by atoms with E-state index in [9.17, 15) is 22.8 Å². The van der Waals surface area contributed by atoms with Gasteiger partial charge in [0.2, 0.25) is 17.3 Å². The predicted octanol–water partition coefficient (Wildman–Crippen LogP) is 9.36. The lowest BCUT2D eigenvalue weighted by Gasteiger charge is -2.43. The van der Waals surface area contributed by atoms with Crippen molar-refractivity contribution in [2.45, 2.75) is 61.1 Å². The number of ether oxygens (including phenoxy) is 2. The number of amidine groups is 2. The van der Waals surface area contributed by atoms with Gasteiger partial charge in [-0.2, -0.15) is 0 Å². The molecule has 0 unspecified atom stereocenters. The van der Waals surface area contributed by atoms with Crippen molar-refractivity contribution in [3.63, 3.8) is 0 Å². The third-order valence-electron chi connectivity index (χ3n) is 11.1. The highest BCUT2D eigenvalue weighted by Crippen LogP contribution is 2.48. The quantitative estimate of drug-likeness (QED) is 0.0987. The van der Waals surface area contributed by atoms with Crippen molar-refractivity contribution in [3.8, 4) is 0 Å². The van der Waals surface area contributed by atoms with E-state index in [4.69, 9.17) is 34.1 Å². The monoisotopic (exact) mass is 939 g/mol. The van der Waals surface area contributed by atoms with Crippen LogP contribution in [0.1, 0.15) is 74.2 Å². The number of hydrogen-bond donors (Lipinski definition) is 2. The standard InChI is InChI=1S/C25H25F2N5O2S.C22H20F2N4O2S/c1-24(15-25(2,35-23(28)31-24)22(33)32-8-10-34-11-9-32)18-12-16(4-6-19(18)26)13-20(27)21-7-5-17(29-3)14-30-21;1-21(12-22(2,19(29)30-4)31-20(25)28-21)15-9-13(5-7-16(15)23)10-17(24)18-8-6-14(26-3)11-27-18/h4-7,12-14H,8-11,15H2,1-2H3,(H2,28,31);5-11H,12H2,1-2,4H3,(H2,25,28)/b20-13-;17-10-/t24-,25+;21-,22+/m00/s1. The summed E-state index contributed by atoms with van der Waals surface area (Å²) < 4.78 is 67.7. The molecule has 4 N–H and O–H groups in total. The summed E-state index contributed by atoms with van der Waals surface area (Å²) in [6.07, 6.45) is 5.39. The lowest BCUT2D eigenvalue weighted by Crippen LogP contribution is -2.54. The maximum Gasteiger partial charge on any atom is 0.322 e. The first-order chi connectivity index (χ1) is 31.2. The second-order valence-corrected chi connectivity index (χ2v) is 19.4. The fourth-order valence-corrected chi connectivity index (χ4v) is 10.5. The van der Waals surface area contributed by atoms with Crippen molar-refractivity contribution in [3.05, 3.63) is 141 Å². The van der Waals surface area contributed by atoms with Gasteiger partial charge in [-0.1, -0.05) is 47.8 Å². The number of nitrogens with zero attached hydrogens (tertiary/aromatic N) is 7. The van der Waals surface area contributed by atoms with Gasteiger partial charge in [0.1, 0.15) is 32.8 Å². The number of rotatable bonds is 8. The minimum Gasteiger partial charge on any atom is -0.468 e. The average molecular weight is 940 g/mol. The van der Waals surface area contributed by atoms with E-state index in [1.54, 1.807) is 32.6 Å². The number of benzene rings is 2. The van der Waals surface area contributed by atoms with Gasteiger partial charge in [0, 0.05) is 49.5 Å². The summed E-state index contributed by atoms with van der Waals surface area (Å²) >= 11 is 2.25. The van der Waals surface area contributed by atoms with Crippen molar-refractivity contribution in [2.24, 2.45) is 21.5 Å². The van der Waals surface area contributed by atoms with Gasteiger partial charge >= 0.3 is 5.97 Å². The van der Waals surface area contributed by atoms with Gasteiger partial charge in [0.05, 0.1) is 55.9 Å². The second-order valence-electron chi connectivity index (χ2n) is 16.4. The first kappa shape index (κ1) is 48.9. The molecule has 7 rings (SSSR count). The molecule has 4 aromatic rings. The molecule has 3 aliphatic rings. The number of nitrogens with two attached hydrogens (primary N) is 2. The highest BCUT2D eigenvalue weighted by atomic mass is 32.2. The number of amides is 1. The van der Waals surface area contributed by atoms with E-state index < -0.39 is 49.8 Å². The fraction of sp³-hybridized carbons (Fsp3) is 0.319. The summed E-state index contributed by atoms with van der Waals surface area (Å²) in [5.74, 6) is -2.91. The predicted molar refractivity (Wildman–Crippen MR) is 250 cm³/mol. The number of halogens is 4. The van der Waals surface area contributed by atoms with Crippen molar-refractivity contribution in [1.29, 1.82) is 0 Å². The lowest BCUT2D eigenvalue weighted by atomic mass is 9.81. The molecule has 4 atom stereocenters. The zero-order valence-electron chi connectivity index (χ0n) is 36.6. The largest absolute Gasteiger partial charge is 0.468 e. The Morgan fingerprint density at radius 3 is 1.59 bits per heavy atom. The Morgan fingerprint density at radius 2 is 1.18 bits per heavy atom. The first-order valence-electron chi connectivity index (χ1n) is 20.3. The van der Waals surface area contributed by atoms with Gasteiger partial charge in [-0.15, -0.1) is 0 Å². The van der Waals surface area contributed by atoms with Gasteiger partial charge < -0.3 is 25.8 Å². The number of methoxy groups -OCH3 is 1. The number of carbonyl (C=O) groups is 2. The highest BCUT2D eigenvalue weighted by molar-refractivity contribution is 8.15. The van der Waals surface area contributed by atoms with E-state index in [2.05, 4.69) is 29.6 Å². The van der Waals surface area contributed by atoms with Gasteiger partial charge in [-0.05, 0) is 87.4 Å². The van der Waals surface area contributed by atoms with Crippen LogP contribution in [0.2, 0.25) is 0 Å². The van der Waals surface area contributed by atoms with Crippen LogP contribution < -0.4 is 11.5 Å². The molecule has 1 amide bonds. The molecule has 66 heavy (non-hydrogen) atoms. The lowest BCUT2D eigenvalue weighted by molar-refractivity contribution is -0.143. The van der Waals surface area contributed by atoms with Crippen molar-refractivity contribution < 1.29 is 36.6 Å². The number of thioether (sulfide) groups is 2. The molecule has 0 bridgehead atoms. The van der Waals surface area contributed by atoms with Crippen LogP contribution in [0.3, 0.4) is 0 Å². The van der Waals surface area contributed by atoms with Crippen LogP contribution in [0.5, 0.6) is 0 Å². The molecule has 13 nitrogen and oxygen atoms in total. The van der Waals surface area contributed by atoms with Gasteiger partial charge in [-0.25, -0.2) is 27.3 Å². The molecule has 2 aromatic carbocycles. The normalized spacial score (nSPS) is 24.4. The average Bonchev–Trinajstić information content (AvgIpc) is 3.29. The van der Waals surface area contributed by atoms with Gasteiger partial charge in [-0.3, -0.25) is 29.5 Å². The molecule has 19 heteroatoms. The minimum absolute atomic E-state index is 0.0547. The van der Waals surface area contributed by atoms with Crippen LogP contribution in [0.4, 0.5) is 28.9 Å². The zero-order chi connectivity index (χ0) is 48.0. The van der Waals surface area contributed by atoms with E-state index >= 15 is 4.39 Å². The molecule has 0 spiro atoms. The van der Waals surface area contributed by atoms with Gasteiger partial charge in [0.15, 0.2) is 10.3 Å². The molecular weight excluding hydrogens is 895 g/mol. The van der Waals surface area contributed by atoms with Gasteiger partial charge in [0.25, 0.3) is 0 Å². The highest BCUT2D eigenvalue weighted by Gasteiger charge is 2.50. The molecule has 1 fully saturated rings. The van der Waals surface area contributed by atoms with Crippen molar-refractivity contribution >= 4 is 80.9 Å². The summed E-state index contributed by atoms with van der Waals surface area (Å²) in [5.41, 5.74) is 11.8. The third-order valence-corrected chi connectivity index (χ3v) is 13.2. The molecule has 3 aliphatic heterocycles. The SMILES string of the molecule is [C-]#[N+]c1ccc(/C(F)=C/c2ccc(F)c([C@]3(C)C[C@](C)(C(=O)N4CCOCC4)SC(N)=N3)c2)nc1.[C-]#[N+]c1ccc(/C(F)=C/c2ccc(F)c([C@]3(C)C[C@](C)(C(=O)OC)SC(N)=N3)c2)nc1. The number of aromatic nitrogens is 2. The van der Waals surface area contributed by atoms with Crippen LogP contribution in [-0.4, -0.2) is 80.0 Å². The van der Waals surface area contributed by atoms with E-state index in [-0.39, 0.29) is 51.6 Å². The molecular formula is C47H45F4N9O4S2. The van der Waals surface area contributed by atoms with E-state index in [0.29, 0.717) is 48.8 Å². The Labute approximate surface area is 388 Å². The number of hydrogen-bond acceptors (Lipinski definition) is 12. The minimum atomic E-state index is -1.15. The Balaban J connectivity index is 0.000000220. The Kier molecular flexibility index (Phi) is 14.8. The number of aliphatic imine (C=N–C) groups is 2. The third kappa shape index (κ3) is 10.9. The molecule has 5 heterocycles. The van der Waals surface area contributed by atoms with Crippen molar-refractivity contribution in [1.82, 2.24) is 14.9 Å². The van der Waals surface area contributed by atoms with E-state index in [1.165, 1.54) is 104 Å². The number of carbonyl (C=O) groups excluding carboxylic acids is 2. The smallest absolute Gasteiger partial charge is 0.322 e. The molecule has 0 aliphatic carbocycles. The maximum atomic E-state index is 15.1. The molecule has 0 saturated carbocycles. The number of esters is 1. The Bertz CT molecular complexity index is 2740. The maximum absolute atomic E-state index is 15.1. The Morgan fingerprint density at radius 1 is 0.742 bits per heavy atom. The summed E-state index contributed by atoms with van der Waals surface area (Å²) in [7, 11) is 1.28. The van der Waals surface area contributed by atoms with Crippen LogP contribution in [0.25, 0.3) is 33.5 Å². The van der Waals surface area contributed by atoms with E-state index in [1.807, 2.05) is 0 Å². The van der Waals surface area contributed by atoms with E-state index in [0.717, 1.165) is 11.8 Å². The fourth-order valence-electron chi connectivity index (χ4n) is 8.04. The molecule has 342 valence electrons. The second kappa shape index (κ2) is 19.9. The summed E-state index contributed by atoms with van der Waals surface area (Å²) in [4.78, 5) is 50.7. The van der Waals surface area contributed by atoms with Crippen LogP contribution >= 0.6 is 23.5 Å². The van der Waals surface area contributed by atoms with Crippen LogP contribution in [-0.2, 0) is 30.1 Å². The summed E-state index contributed by atoms with van der Waals surface area (Å²) in [6, 6.07) is 14.1. The van der Waals surface area contributed by atoms with Crippen LogP contribution in [0.15, 0.2) is 83.0 Å². The molecule has 1 saturated heterocycles. The zero-order valence-corrected chi connectivity index (χ0v) is 38.2. The Hall–Kier alpha value is -6.54. The molecule has 2 aromatic heterocycles. The first-order valence-corrected chi connectivity index (χ1v) is 21.9. The topological polar surface area (TPSA) is 167 Å². The summed E-state index contributed by atoms with van der Waals surface area (Å²) in [5, 5.41) is 0.329. The molecule has 0 radical (unpaired) electrons. The van der Waals surface area contributed by atoms with Crippen LogP contribution in [0, 0.1) is 24.8 Å².